The Morgan fingerprint density at radius 1 is 0.776 bits per heavy atom. The average Bonchev–Trinajstić information content (AvgIpc) is 3.27. The number of hydrogen-bond donors (Lipinski definition) is 1. The number of Topliss-reactive ketones (excluding diaryl/α,β-unsaturated/α-hetero) is 1. The van der Waals surface area contributed by atoms with E-state index < -0.39 is 6.04 Å². The van der Waals surface area contributed by atoms with E-state index in [1.54, 1.807) is 17.0 Å². The van der Waals surface area contributed by atoms with Crippen LogP contribution in [0.2, 0.25) is 10.0 Å². The SMILES string of the molecule is CCOc1cc([C@H]2C3=C(C[C@H](c4ccc(Cl)cc4)CC3=O)Nc3ccccc3N2C(=O)c2ccccc2)ccc1OCc1ccc(Cl)cc1. The van der Waals surface area contributed by atoms with Gasteiger partial charge in [0.25, 0.3) is 5.91 Å². The van der Waals surface area contributed by atoms with Crippen molar-refractivity contribution in [2.75, 3.05) is 16.8 Å². The molecule has 246 valence electrons. The molecule has 6 nitrogen and oxygen atoms in total. The number of ketones is 1. The molecule has 1 aliphatic carbocycles. The number of hydrogen-bond acceptors (Lipinski definition) is 5. The Morgan fingerprint density at radius 2 is 1.45 bits per heavy atom. The predicted molar refractivity (Wildman–Crippen MR) is 195 cm³/mol. The number of halogens is 2. The Morgan fingerprint density at radius 3 is 2.18 bits per heavy atom. The fraction of sp³-hybridized carbons (Fsp3) is 0.171. The van der Waals surface area contributed by atoms with Crippen molar-refractivity contribution < 1.29 is 19.1 Å². The lowest BCUT2D eigenvalue weighted by molar-refractivity contribution is -0.116. The van der Waals surface area contributed by atoms with E-state index in [1.165, 1.54) is 0 Å². The minimum Gasteiger partial charge on any atom is -0.490 e. The van der Waals surface area contributed by atoms with E-state index in [2.05, 4.69) is 5.32 Å². The minimum atomic E-state index is -0.748. The van der Waals surface area contributed by atoms with Crippen LogP contribution in [0.5, 0.6) is 11.5 Å². The third-order valence-corrected chi connectivity index (χ3v) is 9.46. The molecule has 0 bridgehead atoms. The normalized spacial score (nSPS) is 17.0. The summed E-state index contributed by atoms with van der Waals surface area (Å²) in [4.78, 5) is 30.9. The quantitative estimate of drug-likeness (QED) is 0.176. The summed E-state index contributed by atoms with van der Waals surface area (Å²) in [6.07, 6.45) is 0.879. The second kappa shape index (κ2) is 14.2. The van der Waals surface area contributed by atoms with Crippen molar-refractivity contribution in [2.45, 2.75) is 38.3 Å². The van der Waals surface area contributed by atoms with E-state index in [-0.39, 0.29) is 17.6 Å². The number of carbonyl (C=O) groups excluding carboxylic acids is 2. The van der Waals surface area contributed by atoms with Gasteiger partial charge in [0.1, 0.15) is 6.61 Å². The summed E-state index contributed by atoms with van der Waals surface area (Å²) in [6, 6.07) is 37.0. The summed E-state index contributed by atoms with van der Waals surface area (Å²) in [5.41, 5.74) is 6.02. The largest absolute Gasteiger partial charge is 0.490 e. The van der Waals surface area contributed by atoms with Crippen molar-refractivity contribution >= 4 is 46.3 Å². The van der Waals surface area contributed by atoms with Gasteiger partial charge in [-0.1, -0.05) is 83.9 Å². The molecule has 2 aliphatic rings. The van der Waals surface area contributed by atoms with Crippen LogP contribution in [0.1, 0.15) is 58.8 Å². The van der Waals surface area contributed by atoms with Gasteiger partial charge >= 0.3 is 0 Å². The molecule has 49 heavy (non-hydrogen) atoms. The predicted octanol–water partition coefficient (Wildman–Crippen LogP) is 10.2. The Balaban J connectivity index is 1.37. The molecule has 2 atom stereocenters. The number of benzene rings is 5. The van der Waals surface area contributed by atoms with Crippen LogP contribution in [0.3, 0.4) is 0 Å². The molecule has 0 saturated heterocycles. The monoisotopic (exact) mass is 688 g/mol. The maximum atomic E-state index is 14.6. The maximum Gasteiger partial charge on any atom is 0.259 e. The number of nitrogens with one attached hydrogen (secondary N) is 1. The fourth-order valence-electron chi connectivity index (χ4n) is 6.64. The van der Waals surface area contributed by atoms with E-state index in [9.17, 15) is 9.59 Å². The fourth-order valence-corrected chi connectivity index (χ4v) is 6.90. The first-order valence-electron chi connectivity index (χ1n) is 16.3. The molecule has 0 radical (unpaired) electrons. The molecule has 0 saturated carbocycles. The number of ether oxygens (including phenoxy) is 2. The van der Waals surface area contributed by atoms with Crippen LogP contribution >= 0.6 is 23.2 Å². The van der Waals surface area contributed by atoms with Crippen LogP contribution in [-0.2, 0) is 11.4 Å². The zero-order valence-electron chi connectivity index (χ0n) is 26.9. The smallest absolute Gasteiger partial charge is 0.259 e. The van der Waals surface area contributed by atoms with Gasteiger partial charge in [0.05, 0.1) is 24.0 Å². The van der Waals surface area contributed by atoms with Crippen LogP contribution in [0.15, 0.2) is 133 Å². The number of rotatable bonds is 8. The molecule has 0 unspecified atom stereocenters. The topological polar surface area (TPSA) is 67.9 Å². The molecule has 0 aromatic heterocycles. The number of carbonyl (C=O) groups is 2. The summed E-state index contributed by atoms with van der Waals surface area (Å²) in [5, 5.41) is 4.91. The van der Waals surface area contributed by atoms with Crippen molar-refractivity contribution in [3.63, 3.8) is 0 Å². The second-order valence-corrected chi connectivity index (χ2v) is 13.0. The number of fused-ring (bicyclic) bond motifs is 1. The first-order valence-corrected chi connectivity index (χ1v) is 17.1. The summed E-state index contributed by atoms with van der Waals surface area (Å²) >= 11 is 12.3. The van der Waals surface area contributed by atoms with E-state index in [0.717, 1.165) is 28.1 Å². The second-order valence-electron chi connectivity index (χ2n) is 12.1. The van der Waals surface area contributed by atoms with Gasteiger partial charge in [-0.05, 0) is 96.6 Å². The van der Waals surface area contributed by atoms with E-state index in [1.807, 2.05) is 116 Å². The van der Waals surface area contributed by atoms with Gasteiger partial charge in [-0.2, -0.15) is 0 Å². The first-order chi connectivity index (χ1) is 23.9. The lowest BCUT2D eigenvalue weighted by atomic mass is 9.78. The van der Waals surface area contributed by atoms with E-state index in [4.69, 9.17) is 32.7 Å². The number of allylic oxidation sites excluding steroid dienone is 1. The Kier molecular flexibility index (Phi) is 9.43. The van der Waals surface area contributed by atoms with Crippen molar-refractivity contribution in [3.05, 3.63) is 165 Å². The van der Waals surface area contributed by atoms with Gasteiger partial charge in [0.15, 0.2) is 17.3 Å². The van der Waals surface area contributed by atoms with Crippen LogP contribution < -0.4 is 19.7 Å². The molecule has 5 aromatic rings. The third kappa shape index (κ3) is 6.80. The van der Waals surface area contributed by atoms with Crippen LogP contribution in [0.25, 0.3) is 0 Å². The Labute approximate surface area is 295 Å². The number of nitrogens with zero attached hydrogens (tertiary/aromatic N) is 1. The minimum absolute atomic E-state index is 0.0293. The van der Waals surface area contributed by atoms with E-state index >= 15 is 0 Å². The lowest BCUT2D eigenvalue weighted by Gasteiger charge is -2.35. The Hall–Kier alpha value is -5.04. The summed E-state index contributed by atoms with van der Waals surface area (Å²) in [5.74, 6) is 0.778. The molecule has 1 aliphatic heterocycles. The Bertz CT molecular complexity index is 2030. The van der Waals surface area contributed by atoms with Crippen LogP contribution in [0, 0.1) is 0 Å². The summed E-state index contributed by atoms with van der Waals surface area (Å²) in [6.45, 7) is 2.63. The van der Waals surface area contributed by atoms with Crippen molar-refractivity contribution in [1.29, 1.82) is 0 Å². The van der Waals surface area contributed by atoms with Gasteiger partial charge in [0.2, 0.25) is 0 Å². The number of para-hydroxylation sites is 2. The highest BCUT2D eigenvalue weighted by Gasteiger charge is 2.42. The highest BCUT2D eigenvalue weighted by atomic mass is 35.5. The maximum absolute atomic E-state index is 14.6. The third-order valence-electron chi connectivity index (χ3n) is 8.96. The molecular formula is C41H34Cl2N2O4. The molecule has 1 heterocycles. The van der Waals surface area contributed by atoms with Gasteiger partial charge in [0, 0.05) is 33.3 Å². The van der Waals surface area contributed by atoms with Gasteiger partial charge in [-0.3, -0.25) is 14.5 Å². The van der Waals surface area contributed by atoms with Gasteiger partial charge < -0.3 is 14.8 Å². The molecule has 7 rings (SSSR count). The number of anilines is 2. The summed E-state index contributed by atoms with van der Waals surface area (Å²) < 4.78 is 12.4. The molecule has 0 spiro atoms. The van der Waals surface area contributed by atoms with Crippen LogP contribution in [-0.4, -0.2) is 18.3 Å². The molecular weight excluding hydrogens is 655 g/mol. The zero-order chi connectivity index (χ0) is 33.9. The van der Waals surface area contributed by atoms with Gasteiger partial charge in [-0.25, -0.2) is 0 Å². The first kappa shape index (κ1) is 32.5. The van der Waals surface area contributed by atoms with E-state index in [0.29, 0.717) is 64.4 Å². The highest BCUT2D eigenvalue weighted by molar-refractivity contribution is 6.30. The van der Waals surface area contributed by atoms with Gasteiger partial charge in [-0.15, -0.1) is 0 Å². The molecule has 1 N–H and O–H groups in total. The zero-order valence-corrected chi connectivity index (χ0v) is 28.4. The molecule has 0 fully saturated rings. The number of amides is 1. The lowest BCUT2D eigenvalue weighted by Crippen LogP contribution is -2.38. The standard InChI is InChI=1S/C41H34Cl2N2O4/c1-2-48-38-24-29(16-21-37(38)49-25-26-12-17-31(42)18-13-26)40-39-34(22-30(23-36(39)46)27-14-19-32(43)20-15-27)44-33-10-6-7-11-35(33)45(40)41(47)28-8-4-3-5-9-28/h3-21,24,30,40,44H,2,22-23,25H2,1H3/t30-,40-/m0/s1. The summed E-state index contributed by atoms with van der Waals surface area (Å²) in [7, 11) is 0. The molecule has 5 aromatic carbocycles. The highest BCUT2D eigenvalue weighted by Crippen LogP contribution is 2.49. The van der Waals surface area contributed by atoms with Crippen molar-refractivity contribution in [2.24, 2.45) is 0 Å². The average molecular weight is 690 g/mol. The van der Waals surface area contributed by atoms with Crippen LogP contribution in [0.4, 0.5) is 11.4 Å². The molecule has 1 amide bonds. The molecule has 8 heteroatoms. The van der Waals surface area contributed by atoms with Crippen molar-refractivity contribution in [3.8, 4) is 11.5 Å². The van der Waals surface area contributed by atoms with Crippen molar-refractivity contribution in [1.82, 2.24) is 0 Å².